The van der Waals surface area contributed by atoms with Crippen molar-refractivity contribution in [2.24, 2.45) is 0 Å². The minimum Gasteiger partial charge on any atom is -0.494 e. The van der Waals surface area contributed by atoms with Crippen LogP contribution in [0, 0.1) is 11.6 Å². The lowest BCUT2D eigenvalue weighted by atomic mass is 10.0. The molecule has 2 heterocycles. The van der Waals surface area contributed by atoms with Crippen molar-refractivity contribution in [3.05, 3.63) is 65.4 Å². The second-order valence-corrected chi connectivity index (χ2v) is 7.27. The first kappa shape index (κ1) is 20.1. The molecule has 156 valence electrons. The highest BCUT2D eigenvalue weighted by Crippen LogP contribution is 2.37. The van der Waals surface area contributed by atoms with E-state index in [0.29, 0.717) is 37.1 Å². The first-order valence-corrected chi connectivity index (χ1v) is 10.1. The van der Waals surface area contributed by atoms with Gasteiger partial charge in [-0.3, -0.25) is 9.59 Å². The van der Waals surface area contributed by atoms with Crippen molar-refractivity contribution in [1.82, 2.24) is 4.90 Å². The summed E-state index contributed by atoms with van der Waals surface area (Å²) in [6.45, 7) is 3.68. The van der Waals surface area contributed by atoms with Gasteiger partial charge in [0.05, 0.1) is 17.9 Å². The second kappa shape index (κ2) is 8.26. The molecule has 0 bridgehead atoms. The van der Waals surface area contributed by atoms with Gasteiger partial charge in [-0.2, -0.15) is 0 Å². The molecule has 5 nitrogen and oxygen atoms in total. The van der Waals surface area contributed by atoms with Crippen LogP contribution in [0.4, 0.5) is 14.5 Å². The smallest absolute Gasteiger partial charge is 0.282 e. The third-order valence-corrected chi connectivity index (χ3v) is 5.34. The fraction of sp³-hybridized carbons (Fsp3) is 0.304. The minimum absolute atomic E-state index is 0.230. The van der Waals surface area contributed by atoms with Gasteiger partial charge in [0.1, 0.15) is 23.1 Å². The van der Waals surface area contributed by atoms with E-state index in [0.717, 1.165) is 36.3 Å². The van der Waals surface area contributed by atoms with Crippen molar-refractivity contribution in [2.45, 2.75) is 26.2 Å². The highest BCUT2D eigenvalue weighted by atomic mass is 19.1. The molecule has 7 heteroatoms. The summed E-state index contributed by atoms with van der Waals surface area (Å²) in [6, 6.07) is 9.74. The molecule has 1 fully saturated rings. The van der Waals surface area contributed by atoms with Crippen LogP contribution in [0.1, 0.15) is 31.7 Å². The molecule has 0 spiro atoms. The Morgan fingerprint density at radius 1 is 0.933 bits per heavy atom. The van der Waals surface area contributed by atoms with Crippen molar-refractivity contribution in [3.8, 4) is 5.75 Å². The van der Waals surface area contributed by atoms with Gasteiger partial charge in [0.15, 0.2) is 0 Å². The lowest BCUT2D eigenvalue weighted by Gasteiger charge is -2.29. The van der Waals surface area contributed by atoms with Crippen LogP contribution >= 0.6 is 0 Å². The summed E-state index contributed by atoms with van der Waals surface area (Å²) in [4.78, 5) is 29.4. The summed E-state index contributed by atoms with van der Waals surface area (Å²) < 4.78 is 33.3. The lowest BCUT2D eigenvalue weighted by Crippen LogP contribution is -2.37. The molecule has 2 aliphatic rings. The molecular formula is C23H22F2N2O3. The van der Waals surface area contributed by atoms with Crippen LogP contribution in [-0.2, 0) is 9.59 Å². The molecule has 0 aliphatic carbocycles. The quantitative estimate of drug-likeness (QED) is 0.693. The van der Waals surface area contributed by atoms with Crippen LogP contribution in [0.3, 0.4) is 0 Å². The van der Waals surface area contributed by atoms with Gasteiger partial charge in [0, 0.05) is 19.2 Å². The molecule has 0 radical (unpaired) electrons. The van der Waals surface area contributed by atoms with Gasteiger partial charge in [-0.05, 0) is 56.0 Å². The molecule has 0 atom stereocenters. The van der Waals surface area contributed by atoms with Crippen molar-refractivity contribution in [1.29, 1.82) is 0 Å². The fourth-order valence-corrected chi connectivity index (χ4v) is 3.96. The first-order valence-electron chi connectivity index (χ1n) is 10.1. The molecule has 4 rings (SSSR count). The van der Waals surface area contributed by atoms with E-state index in [2.05, 4.69) is 0 Å². The van der Waals surface area contributed by atoms with Gasteiger partial charge in [-0.15, -0.1) is 0 Å². The van der Waals surface area contributed by atoms with Gasteiger partial charge < -0.3 is 9.64 Å². The number of amides is 2. The minimum atomic E-state index is -0.956. The van der Waals surface area contributed by atoms with Crippen LogP contribution in [0.2, 0.25) is 0 Å². The number of ether oxygens (including phenoxy) is 1. The number of carbonyl (C=O) groups excluding carboxylic acids is 2. The van der Waals surface area contributed by atoms with Gasteiger partial charge in [-0.1, -0.05) is 12.1 Å². The van der Waals surface area contributed by atoms with Gasteiger partial charge in [-0.25, -0.2) is 13.7 Å². The highest BCUT2D eigenvalue weighted by molar-refractivity contribution is 6.45. The number of anilines is 1. The Balaban J connectivity index is 1.80. The number of piperidine rings is 1. The molecule has 1 saturated heterocycles. The summed E-state index contributed by atoms with van der Waals surface area (Å²) in [6.07, 6.45) is 2.87. The zero-order chi connectivity index (χ0) is 21.3. The van der Waals surface area contributed by atoms with Crippen molar-refractivity contribution >= 4 is 23.1 Å². The van der Waals surface area contributed by atoms with Crippen LogP contribution < -0.4 is 9.64 Å². The fourth-order valence-electron chi connectivity index (χ4n) is 3.96. The number of carbonyl (C=O) groups is 2. The first-order chi connectivity index (χ1) is 14.5. The summed E-state index contributed by atoms with van der Waals surface area (Å²) in [5.41, 5.74) is 0.811. The van der Waals surface area contributed by atoms with Crippen molar-refractivity contribution in [3.63, 3.8) is 0 Å². The number of nitrogens with zero attached hydrogens (tertiary/aromatic N) is 2. The summed E-state index contributed by atoms with van der Waals surface area (Å²) in [5, 5.41) is 0. The third kappa shape index (κ3) is 3.56. The SMILES string of the molecule is CCOc1ccc(C2=C(N3CCCCC3)C(=O)N(c3ccc(F)cc3F)C2=O)cc1. The van der Waals surface area contributed by atoms with E-state index in [-0.39, 0.29) is 17.0 Å². The van der Waals surface area contributed by atoms with Crippen LogP contribution in [0.25, 0.3) is 5.57 Å². The Bertz CT molecular complexity index is 1010. The molecule has 0 N–H and O–H groups in total. The number of imide groups is 1. The van der Waals surface area contributed by atoms with Gasteiger partial charge in [0.2, 0.25) is 0 Å². The standard InChI is InChI=1S/C23H22F2N2O3/c1-2-30-17-9-6-15(7-10-17)20-21(26-12-4-3-5-13-26)23(29)27(22(20)28)19-11-8-16(24)14-18(19)25/h6-11,14H,2-5,12-13H2,1H3. The Morgan fingerprint density at radius 2 is 1.63 bits per heavy atom. The Hall–Kier alpha value is -3.22. The summed E-state index contributed by atoms with van der Waals surface area (Å²) in [7, 11) is 0. The van der Waals surface area contributed by atoms with E-state index in [1.807, 2.05) is 11.8 Å². The lowest BCUT2D eigenvalue weighted by molar-refractivity contribution is -0.120. The van der Waals surface area contributed by atoms with Crippen LogP contribution in [0.15, 0.2) is 48.2 Å². The highest BCUT2D eigenvalue weighted by Gasteiger charge is 2.43. The van der Waals surface area contributed by atoms with E-state index < -0.39 is 23.4 Å². The number of likely N-dealkylation sites (tertiary alicyclic amines) is 1. The van der Waals surface area contributed by atoms with Crippen LogP contribution in [-0.4, -0.2) is 36.4 Å². The molecule has 0 unspecified atom stereocenters. The zero-order valence-electron chi connectivity index (χ0n) is 16.7. The normalized spacial score (nSPS) is 17.2. The number of benzene rings is 2. The molecular weight excluding hydrogens is 390 g/mol. The van der Waals surface area contributed by atoms with Crippen molar-refractivity contribution < 1.29 is 23.1 Å². The number of hydrogen-bond acceptors (Lipinski definition) is 4. The van der Waals surface area contributed by atoms with Gasteiger partial charge >= 0.3 is 0 Å². The Morgan fingerprint density at radius 3 is 2.27 bits per heavy atom. The van der Waals surface area contributed by atoms with Gasteiger partial charge in [0.25, 0.3) is 11.8 Å². The van der Waals surface area contributed by atoms with E-state index in [1.165, 1.54) is 0 Å². The maximum Gasteiger partial charge on any atom is 0.282 e. The monoisotopic (exact) mass is 412 g/mol. The molecule has 2 amide bonds. The third-order valence-electron chi connectivity index (χ3n) is 5.34. The predicted molar refractivity (Wildman–Crippen MR) is 109 cm³/mol. The Labute approximate surface area is 173 Å². The van der Waals surface area contributed by atoms with E-state index in [1.54, 1.807) is 24.3 Å². The number of rotatable bonds is 5. The molecule has 30 heavy (non-hydrogen) atoms. The average Bonchev–Trinajstić information content (AvgIpc) is 3.00. The van der Waals surface area contributed by atoms with Crippen LogP contribution in [0.5, 0.6) is 5.75 Å². The van der Waals surface area contributed by atoms with E-state index >= 15 is 0 Å². The number of hydrogen-bond donors (Lipinski definition) is 0. The molecule has 0 saturated carbocycles. The molecule has 0 aromatic heterocycles. The molecule has 2 aromatic carbocycles. The van der Waals surface area contributed by atoms with E-state index in [4.69, 9.17) is 4.74 Å². The summed E-state index contributed by atoms with van der Waals surface area (Å²) in [5.74, 6) is -2.28. The molecule has 2 aromatic rings. The maximum absolute atomic E-state index is 14.5. The van der Waals surface area contributed by atoms with E-state index in [9.17, 15) is 18.4 Å². The maximum atomic E-state index is 14.5. The second-order valence-electron chi connectivity index (χ2n) is 7.27. The van der Waals surface area contributed by atoms with Crippen molar-refractivity contribution in [2.75, 3.05) is 24.6 Å². The molecule has 2 aliphatic heterocycles. The average molecular weight is 412 g/mol. The zero-order valence-corrected chi connectivity index (χ0v) is 16.7. The largest absolute Gasteiger partial charge is 0.494 e. The number of halogens is 2. The Kier molecular flexibility index (Phi) is 5.53. The predicted octanol–water partition coefficient (Wildman–Crippen LogP) is 4.13. The summed E-state index contributed by atoms with van der Waals surface area (Å²) >= 11 is 0. The topological polar surface area (TPSA) is 49.9 Å².